The molecule has 3 saturated heterocycles. The molecule has 26 heavy (non-hydrogen) atoms. The summed E-state index contributed by atoms with van der Waals surface area (Å²) in [5.41, 5.74) is 1.20. The molecule has 0 aromatic heterocycles. The van der Waals surface area contributed by atoms with E-state index < -0.39 is 0 Å². The quantitative estimate of drug-likeness (QED) is 0.811. The molecule has 0 bridgehead atoms. The fraction of sp³-hybridized carbons (Fsp3) is 0.667. The highest BCUT2D eigenvalue weighted by atomic mass is 16.5. The highest BCUT2D eigenvalue weighted by Gasteiger charge is 2.55. The van der Waals surface area contributed by atoms with Crippen molar-refractivity contribution in [3.05, 3.63) is 35.9 Å². The van der Waals surface area contributed by atoms with Gasteiger partial charge in [-0.2, -0.15) is 0 Å². The van der Waals surface area contributed by atoms with Crippen LogP contribution in [0.1, 0.15) is 31.1 Å². The summed E-state index contributed by atoms with van der Waals surface area (Å²) in [7, 11) is 0. The molecule has 3 fully saturated rings. The van der Waals surface area contributed by atoms with E-state index in [9.17, 15) is 4.79 Å². The van der Waals surface area contributed by atoms with E-state index in [2.05, 4.69) is 35.5 Å². The number of rotatable bonds is 2. The van der Waals surface area contributed by atoms with Gasteiger partial charge in [0.1, 0.15) is 0 Å². The van der Waals surface area contributed by atoms with Crippen LogP contribution in [0.4, 0.5) is 0 Å². The van der Waals surface area contributed by atoms with Crippen LogP contribution >= 0.6 is 0 Å². The Balaban J connectivity index is 1.52. The Morgan fingerprint density at radius 2 is 1.92 bits per heavy atom. The zero-order valence-corrected chi connectivity index (χ0v) is 16.3. The van der Waals surface area contributed by atoms with Gasteiger partial charge in [-0.05, 0) is 17.5 Å². The molecule has 5 nitrogen and oxygen atoms in total. The zero-order valence-electron chi connectivity index (χ0n) is 16.3. The number of morpholine rings is 1. The van der Waals surface area contributed by atoms with Gasteiger partial charge in [-0.3, -0.25) is 14.6 Å². The maximum absolute atomic E-state index is 13.1. The molecule has 0 saturated carbocycles. The smallest absolute Gasteiger partial charge is 0.253 e. The van der Waals surface area contributed by atoms with Crippen LogP contribution in [0, 0.1) is 5.41 Å². The predicted molar refractivity (Wildman–Crippen MR) is 102 cm³/mol. The van der Waals surface area contributed by atoms with Gasteiger partial charge in [0, 0.05) is 44.8 Å². The Hall–Kier alpha value is -1.43. The van der Waals surface area contributed by atoms with Gasteiger partial charge in [0.05, 0.1) is 24.8 Å². The van der Waals surface area contributed by atoms with E-state index in [1.54, 1.807) is 0 Å². The molecule has 1 aromatic carbocycles. The molecule has 0 unspecified atom stereocenters. The normalized spacial score (nSPS) is 26.4. The Morgan fingerprint density at radius 1 is 1.19 bits per heavy atom. The summed E-state index contributed by atoms with van der Waals surface area (Å²) in [4.78, 5) is 20.3. The van der Waals surface area contributed by atoms with Gasteiger partial charge in [-0.15, -0.1) is 0 Å². The molecular formula is C21H31N3O2. The summed E-state index contributed by atoms with van der Waals surface area (Å²) >= 11 is 0. The van der Waals surface area contributed by atoms with Gasteiger partial charge >= 0.3 is 0 Å². The SMILES string of the molecule is CC(C)(C)CN1CC2(C1)CN(C(=O)c1ccccc1)C[C@@H]1COCCN12. The first-order valence-corrected chi connectivity index (χ1v) is 9.78. The minimum atomic E-state index is 0.0996. The van der Waals surface area contributed by atoms with E-state index in [0.717, 1.165) is 58.0 Å². The maximum Gasteiger partial charge on any atom is 0.253 e. The largest absolute Gasteiger partial charge is 0.378 e. The van der Waals surface area contributed by atoms with Crippen molar-refractivity contribution < 1.29 is 9.53 Å². The number of carbonyl (C=O) groups is 1. The van der Waals surface area contributed by atoms with E-state index in [1.165, 1.54) is 0 Å². The van der Waals surface area contributed by atoms with Crippen molar-refractivity contribution in [3.63, 3.8) is 0 Å². The van der Waals surface area contributed by atoms with E-state index >= 15 is 0 Å². The van der Waals surface area contributed by atoms with Crippen molar-refractivity contribution >= 4 is 5.91 Å². The maximum atomic E-state index is 13.1. The number of likely N-dealkylation sites (tertiary alicyclic amines) is 1. The molecule has 1 spiro atoms. The Morgan fingerprint density at radius 3 is 2.62 bits per heavy atom. The number of piperazine rings is 1. The lowest BCUT2D eigenvalue weighted by Gasteiger charge is -2.64. The lowest BCUT2D eigenvalue weighted by atomic mass is 9.80. The second kappa shape index (κ2) is 6.63. The summed E-state index contributed by atoms with van der Waals surface area (Å²) in [5.74, 6) is 0.157. The topological polar surface area (TPSA) is 36.0 Å². The average Bonchev–Trinajstić information content (AvgIpc) is 2.59. The second-order valence-corrected chi connectivity index (χ2v) is 9.40. The number of fused-ring (bicyclic) bond motifs is 2. The lowest BCUT2D eigenvalue weighted by Crippen LogP contribution is -2.81. The molecule has 4 rings (SSSR count). The van der Waals surface area contributed by atoms with Gasteiger partial charge in [-0.1, -0.05) is 39.0 Å². The van der Waals surface area contributed by atoms with Gasteiger partial charge in [-0.25, -0.2) is 0 Å². The first-order chi connectivity index (χ1) is 12.4. The summed E-state index contributed by atoms with van der Waals surface area (Å²) < 4.78 is 5.75. The van der Waals surface area contributed by atoms with Crippen LogP contribution in [0.15, 0.2) is 30.3 Å². The Bertz CT molecular complexity index is 649. The Labute approximate surface area is 156 Å². The molecule has 0 N–H and O–H groups in total. The molecule has 5 heteroatoms. The minimum absolute atomic E-state index is 0.0996. The average molecular weight is 357 g/mol. The van der Waals surface area contributed by atoms with Crippen LogP contribution in [0.5, 0.6) is 0 Å². The molecule has 1 atom stereocenters. The van der Waals surface area contributed by atoms with Crippen molar-refractivity contribution in [3.8, 4) is 0 Å². The van der Waals surface area contributed by atoms with Crippen molar-refractivity contribution in [2.45, 2.75) is 32.4 Å². The summed E-state index contributed by atoms with van der Waals surface area (Å²) in [6.45, 7) is 14.2. The first-order valence-electron chi connectivity index (χ1n) is 9.78. The number of benzene rings is 1. The molecule has 1 aromatic rings. The first kappa shape index (κ1) is 18.0. The number of carbonyl (C=O) groups excluding carboxylic acids is 1. The third-order valence-corrected chi connectivity index (χ3v) is 5.79. The molecule has 3 aliphatic rings. The van der Waals surface area contributed by atoms with Gasteiger partial charge < -0.3 is 9.64 Å². The lowest BCUT2D eigenvalue weighted by molar-refractivity contribution is -0.162. The number of ether oxygens (including phenoxy) is 1. The van der Waals surface area contributed by atoms with Gasteiger partial charge in [0.15, 0.2) is 0 Å². The van der Waals surface area contributed by atoms with Crippen LogP contribution in [0.2, 0.25) is 0 Å². The zero-order chi connectivity index (χ0) is 18.4. The van der Waals surface area contributed by atoms with Crippen LogP contribution in [0.3, 0.4) is 0 Å². The standard InChI is InChI=1S/C21H31N3O2/c1-20(2,3)13-22-14-21(15-22)16-23(11-18-12-26-10-9-24(18)21)19(25)17-7-5-4-6-8-17/h4-8,18H,9-16H2,1-3H3/t18-/m1/s1. The number of nitrogens with zero attached hydrogens (tertiary/aromatic N) is 3. The van der Waals surface area contributed by atoms with Crippen molar-refractivity contribution in [1.29, 1.82) is 0 Å². The third-order valence-electron chi connectivity index (χ3n) is 5.79. The predicted octanol–water partition coefficient (Wildman–Crippen LogP) is 1.94. The molecule has 1 amide bonds. The number of hydrogen-bond acceptors (Lipinski definition) is 4. The third kappa shape index (κ3) is 3.40. The number of hydrogen-bond donors (Lipinski definition) is 0. The molecule has 142 valence electrons. The van der Waals surface area contributed by atoms with Crippen molar-refractivity contribution in [1.82, 2.24) is 14.7 Å². The van der Waals surface area contributed by atoms with Gasteiger partial charge in [0.25, 0.3) is 5.91 Å². The molecular weight excluding hydrogens is 326 g/mol. The summed E-state index contributed by atoms with van der Waals surface area (Å²) in [6.07, 6.45) is 0. The van der Waals surface area contributed by atoms with Crippen molar-refractivity contribution in [2.24, 2.45) is 5.41 Å². The fourth-order valence-corrected chi connectivity index (χ4v) is 4.96. The van der Waals surface area contributed by atoms with Crippen LogP contribution < -0.4 is 0 Å². The van der Waals surface area contributed by atoms with Crippen LogP contribution in [-0.2, 0) is 4.74 Å². The Kier molecular flexibility index (Phi) is 4.58. The fourth-order valence-electron chi connectivity index (χ4n) is 4.96. The monoisotopic (exact) mass is 357 g/mol. The molecule has 3 aliphatic heterocycles. The molecule has 0 aliphatic carbocycles. The minimum Gasteiger partial charge on any atom is -0.378 e. The van der Waals surface area contributed by atoms with Gasteiger partial charge in [0.2, 0.25) is 0 Å². The molecule has 3 heterocycles. The van der Waals surface area contributed by atoms with Crippen molar-refractivity contribution in [2.75, 3.05) is 52.5 Å². The van der Waals surface area contributed by atoms with E-state index in [4.69, 9.17) is 4.74 Å². The van der Waals surface area contributed by atoms with E-state index in [1.807, 2.05) is 30.3 Å². The van der Waals surface area contributed by atoms with E-state index in [-0.39, 0.29) is 11.4 Å². The van der Waals surface area contributed by atoms with Crippen LogP contribution in [0.25, 0.3) is 0 Å². The van der Waals surface area contributed by atoms with Crippen LogP contribution in [-0.4, -0.2) is 84.7 Å². The summed E-state index contributed by atoms with van der Waals surface area (Å²) in [5, 5.41) is 0. The molecule has 0 radical (unpaired) electrons. The second-order valence-electron chi connectivity index (χ2n) is 9.40. The highest BCUT2D eigenvalue weighted by molar-refractivity contribution is 5.94. The highest BCUT2D eigenvalue weighted by Crippen LogP contribution is 2.37. The number of amides is 1. The summed E-state index contributed by atoms with van der Waals surface area (Å²) in [6, 6.07) is 10.0. The van der Waals surface area contributed by atoms with E-state index in [0.29, 0.717) is 11.5 Å².